The first-order valence-electron chi connectivity index (χ1n) is 6.32. The summed E-state index contributed by atoms with van der Waals surface area (Å²) in [5, 5.41) is 15.5. The summed E-state index contributed by atoms with van der Waals surface area (Å²) in [7, 11) is 0. The molecule has 1 atom stereocenters. The SMILES string of the molecule is O=C(NC[C@@](O)(c1ccco1)c1cccs1)c1ccco1. The standard InChI is InChI=1S/C15H13NO4S/c17-14(11-4-1-7-19-11)16-10-15(18,12-5-2-8-20-12)13-6-3-9-21-13/h1-9,18H,10H2,(H,16,17)/t15-/m1/s1. The Bertz CT molecular complexity index is 652. The molecule has 0 fully saturated rings. The summed E-state index contributed by atoms with van der Waals surface area (Å²) in [6.45, 7) is -0.0133. The summed E-state index contributed by atoms with van der Waals surface area (Å²) < 4.78 is 10.4. The van der Waals surface area contributed by atoms with E-state index in [9.17, 15) is 9.90 Å². The highest BCUT2D eigenvalue weighted by molar-refractivity contribution is 7.10. The van der Waals surface area contributed by atoms with Crippen LogP contribution in [-0.4, -0.2) is 17.6 Å². The third-order valence-corrected chi connectivity index (χ3v) is 4.13. The van der Waals surface area contributed by atoms with Gasteiger partial charge in [0.2, 0.25) is 0 Å². The van der Waals surface area contributed by atoms with Crippen molar-refractivity contribution in [3.05, 3.63) is 70.7 Å². The van der Waals surface area contributed by atoms with Crippen molar-refractivity contribution in [2.24, 2.45) is 0 Å². The van der Waals surface area contributed by atoms with Gasteiger partial charge in [0.15, 0.2) is 11.4 Å². The number of hydrogen-bond acceptors (Lipinski definition) is 5. The van der Waals surface area contributed by atoms with E-state index in [1.54, 1.807) is 30.3 Å². The van der Waals surface area contributed by atoms with E-state index >= 15 is 0 Å². The van der Waals surface area contributed by atoms with Gasteiger partial charge in [-0.15, -0.1) is 11.3 Å². The van der Waals surface area contributed by atoms with Crippen molar-refractivity contribution in [3.63, 3.8) is 0 Å². The van der Waals surface area contributed by atoms with Crippen LogP contribution in [0.5, 0.6) is 0 Å². The fourth-order valence-corrected chi connectivity index (χ4v) is 2.86. The van der Waals surface area contributed by atoms with Gasteiger partial charge in [0.25, 0.3) is 5.91 Å². The lowest BCUT2D eigenvalue weighted by molar-refractivity contribution is 0.0546. The van der Waals surface area contributed by atoms with Crippen LogP contribution in [0.2, 0.25) is 0 Å². The van der Waals surface area contributed by atoms with Crippen LogP contribution in [0.15, 0.2) is 63.1 Å². The highest BCUT2D eigenvalue weighted by atomic mass is 32.1. The zero-order chi connectivity index (χ0) is 14.7. The van der Waals surface area contributed by atoms with Gasteiger partial charge in [-0.2, -0.15) is 0 Å². The van der Waals surface area contributed by atoms with Crippen LogP contribution in [0.25, 0.3) is 0 Å². The van der Waals surface area contributed by atoms with Crippen molar-refractivity contribution in [3.8, 4) is 0 Å². The van der Waals surface area contributed by atoms with E-state index in [0.29, 0.717) is 10.6 Å². The second-order valence-corrected chi connectivity index (χ2v) is 5.42. The topological polar surface area (TPSA) is 75.6 Å². The van der Waals surface area contributed by atoms with Gasteiger partial charge < -0.3 is 19.3 Å². The highest BCUT2D eigenvalue weighted by Crippen LogP contribution is 2.32. The molecule has 3 heterocycles. The Labute approximate surface area is 124 Å². The number of thiophene rings is 1. The number of amides is 1. The molecule has 2 N–H and O–H groups in total. The number of rotatable bonds is 5. The van der Waals surface area contributed by atoms with Crippen LogP contribution < -0.4 is 5.32 Å². The lowest BCUT2D eigenvalue weighted by Gasteiger charge is -2.25. The Morgan fingerprint density at radius 1 is 1.19 bits per heavy atom. The van der Waals surface area contributed by atoms with Gasteiger partial charge in [-0.25, -0.2) is 0 Å². The minimum absolute atomic E-state index is 0.0133. The molecule has 5 nitrogen and oxygen atoms in total. The van der Waals surface area contributed by atoms with Gasteiger partial charge in [0.1, 0.15) is 5.76 Å². The maximum atomic E-state index is 11.9. The Morgan fingerprint density at radius 2 is 2.00 bits per heavy atom. The normalized spacial score (nSPS) is 13.8. The molecule has 0 saturated carbocycles. The third kappa shape index (κ3) is 2.63. The number of aliphatic hydroxyl groups is 1. The first-order chi connectivity index (χ1) is 10.2. The van der Waals surface area contributed by atoms with Gasteiger partial charge in [-0.05, 0) is 35.7 Å². The summed E-state index contributed by atoms with van der Waals surface area (Å²) in [4.78, 5) is 12.6. The fraction of sp³-hybridized carbons (Fsp3) is 0.133. The van der Waals surface area contributed by atoms with E-state index in [1.807, 2.05) is 11.4 Å². The molecule has 0 aliphatic rings. The highest BCUT2D eigenvalue weighted by Gasteiger charge is 2.36. The van der Waals surface area contributed by atoms with Gasteiger partial charge in [0.05, 0.1) is 19.1 Å². The lowest BCUT2D eigenvalue weighted by atomic mass is 9.98. The number of hydrogen-bond donors (Lipinski definition) is 2. The summed E-state index contributed by atoms with van der Waals surface area (Å²) in [6, 6.07) is 10.2. The van der Waals surface area contributed by atoms with Crippen molar-refractivity contribution >= 4 is 17.2 Å². The molecule has 1 amide bonds. The van der Waals surface area contributed by atoms with Crippen LogP contribution in [0, 0.1) is 0 Å². The second-order valence-electron chi connectivity index (χ2n) is 4.47. The average Bonchev–Trinajstić information content (AvgIpc) is 3.27. The van der Waals surface area contributed by atoms with E-state index in [4.69, 9.17) is 8.83 Å². The monoisotopic (exact) mass is 303 g/mol. The van der Waals surface area contributed by atoms with Gasteiger partial charge >= 0.3 is 0 Å². The molecule has 0 spiro atoms. The largest absolute Gasteiger partial charge is 0.466 e. The summed E-state index contributed by atoms with van der Waals surface area (Å²) in [6.07, 6.45) is 2.91. The Morgan fingerprint density at radius 3 is 2.62 bits per heavy atom. The molecule has 3 rings (SSSR count). The molecule has 0 unspecified atom stereocenters. The molecule has 0 aromatic carbocycles. The zero-order valence-electron chi connectivity index (χ0n) is 11.0. The summed E-state index contributed by atoms with van der Waals surface area (Å²) in [5.74, 6) is 0.189. The number of carbonyl (C=O) groups is 1. The zero-order valence-corrected chi connectivity index (χ0v) is 11.8. The summed E-state index contributed by atoms with van der Waals surface area (Å²) in [5.41, 5.74) is -1.40. The molecule has 0 radical (unpaired) electrons. The smallest absolute Gasteiger partial charge is 0.287 e. The number of furan rings is 2. The Hall–Kier alpha value is -2.31. The maximum absolute atomic E-state index is 11.9. The van der Waals surface area contributed by atoms with Gasteiger partial charge in [0, 0.05) is 4.88 Å². The van der Waals surface area contributed by atoms with Crippen molar-refractivity contribution in [2.45, 2.75) is 5.60 Å². The molecule has 108 valence electrons. The van der Waals surface area contributed by atoms with Crippen molar-refractivity contribution in [1.29, 1.82) is 0 Å². The third-order valence-electron chi connectivity index (χ3n) is 3.11. The van der Waals surface area contributed by atoms with E-state index in [0.717, 1.165) is 0 Å². The molecular formula is C15H13NO4S. The van der Waals surface area contributed by atoms with Gasteiger partial charge in [-0.1, -0.05) is 6.07 Å². The van der Waals surface area contributed by atoms with Crippen LogP contribution in [0.1, 0.15) is 21.2 Å². The van der Waals surface area contributed by atoms with Crippen molar-refractivity contribution in [2.75, 3.05) is 6.54 Å². The molecular weight excluding hydrogens is 290 g/mol. The maximum Gasteiger partial charge on any atom is 0.287 e. The van der Waals surface area contributed by atoms with E-state index in [2.05, 4.69) is 5.32 Å². The average molecular weight is 303 g/mol. The Kier molecular flexibility index (Phi) is 3.64. The molecule has 6 heteroatoms. The van der Waals surface area contributed by atoms with E-state index in [-0.39, 0.29) is 18.2 Å². The van der Waals surface area contributed by atoms with Gasteiger partial charge in [-0.3, -0.25) is 4.79 Å². The quantitative estimate of drug-likeness (QED) is 0.759. The Balaban J connectivity index is 1.83. The number of nitrogens with one attached hydrogen (secondary N) is 1. The second kappa shape index (κ2) is 5.59. The minimum Gasteiger partial charge on any atom is -0.466 e. The fourth-order valence-electron chi connectivity index (χ4n) is 2.03. The van der Waals surface area contributed by atoms with Crippen LogP contribution in [-0.2, 0) is 5.60 Å². The predicted octanol–water partition coefficient (Wildman–Crippen LogP) is 2.60. The molecule has 0 aliphatic heterocycles. The van der Waals surface area contributed by atoms with Crippen LogP contribution in [0.4, 0.5) is 0 Å². The minimum atomic E-state index is -1.40. The molecule has 21 heavy (non-hydrogen) atoms. The first kappa shape index (κ1) is 13.7. The first-order valence-corrected chi connectivity index (χ1v) is 7.20. The molecule has 0 saturated heterocycles. The predicted molar refractivity (Wildman–Crippen MR) is 77.1 cm³/mol. The number of carbonyl (C=O) groups excluding carboxylic acids is 1. The molecule has 0 bridgehead atoms. The van der Waals surface area contributed by atoms with E-state index in [1.165, 1.54) is 23.9 Å². The van der Waals surface area contributed by atoms with Crippen molar-refractivity contribution in [1.82, 2.24) is 5.32 Å². The van der Waals surface area contributed by atoms with Crippen LogP contribution >= 0.6 is 11.3 Å². The summed E-state index contributed by atoms with van der Waals surface area (Å²) >= 11 is 1.39. The molecule has 0 aliphatic carbocycles. The van der Waals surface area contributed by atoms with E-state index < -0.39 is 5.60 Å². The lowest BCUT2D eigenvalue weighted by Crippen LogP contribution is -2.40. The molecule has 3 aromatic heterocycles. The van der Waals surface area contributed by atoms with Crippen molar-refractivity contribution < 1.29 is 18.7 Å². The molecule has 3 aromatic rings. The van der Waals surface area contributed by atoms with Crippen LogP contribution in [0.3, 0.4) is 0 Å².